The van der Waals surface area contributed by atoms with Crippen molar-refractivity contribution in [2.45, 2.75) is 19.8 Å². The molecule has 0 saturated carbocycles. The first-order valence-corrected chi connectivity index (χ1v) is 5.54. The van der Waals surface area contributed by atoms with Crippen molar-refractivity contribution in [3.05, 3.63) is 35.4 Å². The molecule has 0 spiro atoms. The van der Waals surface area contributed by atoms with E-state index < -0.39 is 23.9 Å². The summed E-state index contributed by atoms with van der Waals surface area (Å²) in [4.78, 5) is 22.1. The Kier molecular flexibility index (Phi) is 3.94. The van der Waals surface area contributed by atoms with E-state index in [1.54, 1.807) is 30.0 Å². The van der Waals surface area contributed by atoms with Crippen LogP contribution in [0.5, 0.6) is 0 Å². The number of carbonyl (C=O) groups is 2. The van der Waals surface area contributed by atoms with Crippen molar-refractivity contribution in [3.8, 4) is 0 Å². The molecule has 0 saturated heterocycles. The van der Waals surface area contributed by atoms with Crippen molar-refractivity contribution in [1.29, 1.82) is 0 Å². The summed E-state index contributed by atoms with van der Waals surface area (Å²) < 4.78 is 6.70. The third kappa shape index (κ3) is 3.56. The van der Waals surface area contributed by atoms with E-state index in [4.69, 9.17) is 11.6 Å². The highest BCUT2D eigenvalue weighted by Crippen LogP contribution is 2.22. The lowest BCUT2D eigenvalue weighted by Crippen LogP contribution is -2.33. The first-order valence-electron chi connectivity index (χ1n) is 6.04. The summed E-state index contributed by atoms with van der Waals surface area (Å²) in [5.41, 5.74) is 2.10. The van der Waals surface area contributed by atoms with Crippen molar-refractivity contribution >= 4 is 11.9 Å². The Balaban J connectivity index is 2.77. The van der Waals surface area contributed by atoms with Gasteiger partial charge in [0.1, 0.15) is 0 Å². The maximum Gasteiger partial charge on any atom is 0.312 e. The molecule has 1 rings (SSSR count). The molecule has 98 valence electrons. The predicted octanol–water partition coefficient (Wildman–Crippen LogP) is 0.340. The summed E-state index contributed by atoms with van der Waals surface area (Å²) in [6.45, 7) is 1.04. The summed E-state index contributed by atoms with van der Waals surface area (Å²) >= 11 is 0. The number of aliphatic carboxylic acids is 1. The molecule has 1 aromatic carbocycles. The number of aliphatic hydroxyl groups excluding tert-OH is 1. The fraction of sp³-hybridized carbons (Fsp3) is 0.385. The second kappa shape index (κ2) is 5.64. The highest BCUT2D eigenvalue weighted by molar-refractivity contribution is 5.76. The third-order valence-corrected chi connectivity index (χ3v) is 2.85. The van der Waals surface area contributed by atoms with Crippen LogP contribution < -0.4 is 5.73 Å². The first-order chi connectivity index (χ1) is 8.91. The minimum atomic E-state index is -1.21. The molecule has 0 aliphatic heterocycles. The highest BCUT2D eigenvalue weighted by Gasteiger charge is 2.32. The highest BCUT2D eigenvalue weighted by atomic mass is 16.4. The van der Waals surface area contributed by atoms with Crippen molar-refractivity contribution < 1.29 is 21.2 Å². The van der Waals surface area contributed by atoms with Crippen LogP contribution in [0.3, 0.4) is 0 Å². The molecule has 0 fully saturated rings. The molecule has 18 heavy (non-hydrogen) atoms. The van der Waals surface area contributed by atoms with E-state index in [0.29, 0.717) is 0 Å². The molecule has 1 aromatic rings. The molecule has 1 unspecified atom stereocenters. The monoisotopic (exact) mass is 252 g/mol. The Labute approximate surface area is 107 Å². The zero-order valence-corrected chi connectivity index (χ0v) is 10.1. The number of benzene rings is 1. The number of hydrogen-bond donors (Lipinski definition) is 3. The van der Waals surface area contributed by atoms with Crippen LogP contribution in [0.4, 0.5) is 0 Å². The van der Waals surface area contributed by atoms with Crippen LogP contribution in [0.15, 0.2) is 24.3 Å². The average Bonchev–Trinajstić information content (AvgIpc) is 2.40. The minimum Gasteiger partial charge on any atom is -0.481 e. The van der Waals surface area contributed by atoms with Crippen LogP contribution in [0.25, 0.3) is 0 Å². The summed E-state index contributed by atoms with van der Waals surface area (Å²) in [7, 11) is 0. The maximum atomic E-state index is 11.1. The smallest absolute Gasteiger partial charge is 0.312 e. The lowest BCUT2D eigenvalue weighted by molar-refractivity contribution is -0.150. The van der Waals surface area contributed by atoms with Gasteiger partial charge in [-0.25, -0.2) is 0 Å². The van der Waals surface area contributed by atoms with Gasteiger partial charge in [0.2, 0.25) is 5.91 Å². The van der Waals surface area contributed by atoms with Gasteiger partial charge in [0, 0.05) is 0 Å². The van der Waals surface area contributed by atoms with Crippen molar-refractivity contribution in [3.63, 3.8) is 0 Å². The minimum absolute atomic E-state index is 0.111. The van der Waals surface area contributed by atoms with Gasteiger partial charge >= 0.3 is 5.97 Å². The molecule has 5 heteroatoms. The van der Waals surface area contributed by atoms with Crippen molar-refractivity contribution in [1.82, 2.24) is 0 Å². The van der Waals surface area contributed by atoms with Crippen LogP contribution >= 0.6 is 0 Å². The normalized spacial score (nSPS) is 14.4. The molecule has 0 aliphatic carbocycles. The van der Waals surface area contributed by atoms with Crippen molar-refractivity contribution in [2.75, 3.05) is 6.61 Å². The number of primary amides is 1. The summed E-state index contributed by atoms with van der Waals surface area (Å²) in [5.74, 6) is -1.45. The molecule has 0 bridgehead atoms. The molecule has 0 radical (unpaired) electrons. The number of carboxylic acid groups (broad SMARTS) is 1. The molecule has 4 N–H and O–H groups in total. The molecule has 1 amide bonds. The largest absolute Gasteiger partial charge is 0.481 e. The van der Waals surface area contributed by atoms with Gasteiger partial charge in [0.25, 0.3) is 0 Å². The lowest BCUT2D eigenvalue weighted by atomic mass is 9.84. The number of hydrogen-bond acceptors (Lipinski definition) is 3. The molecule has 5 nitrogen and oxygen atoms in total. The van der Waals surface area contributed by atoms with Gasteiger partial charge in [-0.15, -0.1) is 0 Å². The SMILES string of the molecule is [2H]NC(=O)Cc1ccc(CC(C)(CO)C(=O)O)cc1. The van der Waals surface area contributed by atoms with Crippen LogP contribution in [-0.4, -0.2) is 28.7 Å². The van der Waals surface area contributed by atoms with E-state index in [1.165, 1.54) is 6.92 Å². The van der Waals surface area contributed by atoms with Gasteiger partial charge in [0.05, 0.1) is 18.4 Å². The number of rotatable bonds is 6. The van der Waals surface area contributed by atoms with Gasteiger partial charge < -0.3 is 15.9 Å². The lowest BCUT2D eigenvalue weighted by Gasteiger charge is -2.22. The van der Waals surface area contributed by atoms with E-state index >= 15 is 0 Å². The van der Waals surface area contributed by atoms with Crippen LogP contribution in [0, 0.1) is 5.41 Å². The zero-order valence-electron chi connectivity index (χ0n) is 11.1. The summed E-state index contributed by atoms with van der Waals surface area (Å²) in [6.07, 6.45) is 0.323. The first kappa shape index (κ1) is 12.6. The Morgan fingerprint density at radius 2 is 1.89 bits per heavy atom. The number of aliphatic hydroxyl groups is 1. The maximum absolute atomic E-state index is 11.1. The van der Waals surface area contributed by atoms with E-state index in [-0.39, 0.29) is 12.8 Å². The van der Waals surface area contributed by atoms with Gasteiger partial charge in [-0.05, 0) is 24.5 Å². The standard InChI is InChI=1S/C13H17NO4/c1-13(8-15,12(17)18)7-10-4-2-9(3-5-10)6-11(14)16/h2-5,15H,6-8H2,1H3,(H2,14,16)(H,17,18)/i/hD. The van der Waals surface area contributed by atoms with Gasteiger partial charge in [-0.2, -0.15) is 0 Å². The van der Waals surface area contributed by atoms with Crippen molar-refractivity contribution in [2.24, 2.45) is 11.1 Å². The topological polar surface area (TPSA) is 101 Å². The van der Waals surface area contributed by atoms with E-state index in [9.17, 15) is 9.59 Å². The summed E-state index contributed by atoms with van der Waals surface area (Å²) in [6, 6.07) is 6.88. The fourth-order valence-electron chi connectivity index (χ4n) is 1.61. The average molecular weight is 252 g/mol. The Hall–Kier alpha value is -1.88. The van der Waals surface area contributed by atoms with Gasteiger partial charge in [-0.3, -0.25) is 9.59 Å². The Morgan fingerprint density at radius 1 is 1.33 bits per heavy atom. The van der Waals surface area contributed by atoms with Gasteiger partial charge in [0.15, 0.2) is 1.41 Å². The van der Waals surface area contributed by atoms with Crippen LogP contribution in [-0.2, 0) is 22.4 Å². The predicted molar refractivity (Wildman–Crippen MR) is 65.9 cm³/mol. The fourth-order valence-corrected chi connectivity index (χ4v) is 1.61. The second-order valence-corrected chi connectivity index (χ2v) is 4.62. The van der Waals surface area contributed by atoms with Gasteiger partial charge in [-0.1, -0.05) is 24.3 Å². The molecule has 0 aliphatic rings. The van der Waals surface area contributed by atoms with Crippen LogP contribution in [0.1, 0.15) is 18.1 Å². The Morgan fingerprint density at radius 3 is 2.33 bits per heavy atom. The second-order valence-electron chi connectivity index (χ2n) is 4.62. The van der Waals surface area contributed by atoms with E-state index in [1.807, 2.05) is 0 Å². The molecule has 1 atom stereocenters. The molecule has 0 aromatic heterocycles. The third-order valence-electron chi connectivity index (χ3n) is 2.85. The number of nitrogens with two attached hydrogens (primary N) is 1. The van der Waals surface area contributed by atoms with E-state index in [2.05, 4.69) is 0 Å². The molecule has 0 heterocycles. The molecular weight excluding hydrogens is 234 g/mol. The van der Waals surface area contributed by atoms with E-state index in [0.717, 1.165) is 11.1 Å². The summed E-state index contributed by atoms with van der Waals surface area (Å²) in [5, 5.41) is 18.2. The zero-order chi connectivity index (χ0) is 14.5. The molecular formula is C13H17NO4. The number of carboxylic acids is 1. The quantitative estimate of drug-likeness (QED) is 0.679. The number of amides is 1. The Bertz CT molecular complexity index is 460. The van der Waals surface area contributed by atoms with Crippen LogP contribution in [0.2, 0.25) is 1.41 Å². The number of carbonyl (C=O) groups excluding carboxylic acids is 1.